The number of hydrogen-bond donors (Lipinski definition) is 0. The van der Waals surface area contributed by atoms with E-state index >= 15 is 0 Å². The van der Waals surface area contributed by atoms with Crippen molar-refractivity contribution in [2.24, 2.45) is 0 Å². The highest BCUT2D eigenvalue weighted by molar-refractivity contribution is 6.50. The summed E-state index contributed by atoms with van der Waals surface area (Å²) in [5, 5.41) is 9.01. The first-order chi connectivity index (χ1) is 13.3. The first-order valence-electron chi connectivity index (χ1n) is 7.86. The molecule has 0 atom stereocenters. The van der Waals surface area contributed by atoms with Crippen LogP contribution >= 0.6 is 0 Å². The Hall–Kier alpha value is -2.18. The zero-order chi connectivity index (χ0) is 24.2. The maximum absolute atomic E-state index is 9.75. The Morgan fingerprint density at radius 3 is 1.37 bits per heavy atom. The molecule has 0 N–H and O–H groups in total. The van der Waals surface area contributed by atoms with Crippen LogP contribution in [0.5, 0.6) is 0 Å². The first kappa shape index (κ1) is 30.0. The predicted molar refractivity (Wildman–Crippen MR) is 91.4 cm³/mol. The van der Waals surface area contributed by atoms with Gasteiger partial charge in [0, 0.05) is 26.2 Å². The Kier molecular flexibility index (Phi) is 13.2. The number of anilines is 1. The number of piperazine rings is 1. The highest BCUT2D eigenvalue weighted by Crippen LogP contribution is 2.20. The number of halogens is 12. The highest BCUT2D eigenvalue weighted by Gasteiger charge is 2.21. The number of likely N-dealkylation sites (N-methyl/N-ethyl adjacent to an activating group) is 1. The van der Waals surface area contributed by atoms with Crippen molar-refractivity contribution in [2.45, 2.75) is 0 Å². The van der Waals surface area contributed by atoms with E-state index in [1.165, 1.54) is 0 Å². The molecule has 1 heterocycles. The van der Waals surface area contributed by atoms with Gasteiger partial charge in [-0.05, 0) is 19.2 Å². The van der Waals surface area contributed by atoms with Gasteiger partial charge in [0.25, 0.3) is 0 Å². The lowest BCUT2D eigenvalue weighted by Gasteiger charge is -2.34. The molecular weight excluding hydrogens is 447 g/mol. The maximum atomic E-state index is 9.75. The molecule has 0 aromatic heterocycles. The normalized spacial score (nSPS) is 14.7. The third-order valence-electron chi connectivity index (χ3n) is 2.87. The van der Waals surface area contributed by atoms with Crippen molar-refractivity contribution in [1.29, 1.82) is 5.26 Å². The standard InChI is InChI=1S/C12H15N3.3BF4/c1-14-6-8-15(9-7-14)12-5-3-2-4-11(12)10-13;3*2-1(3,4)5/h2-5H,6-9H2,1H3;;;/q;3*-1. The zero-order valence-corrected chi connectivity index (χ0v) is 15.2. The summed E-state index contributed by atoms with van der Waals surface area (Å²) in [6.07, 6.45) is 0. The van der Waals surface area contributed by atoms with E-state index in [0.29, 0.717) is 0 Å². The van der Waals surface area contributed by atoms with Gasteiger partial charge >= 0.3 is 21.8 Å². The van der Waals surface area contributed by atoms with Crippen molar-refractivity contribution in [3.8, 4) is 6.07 Å². The van der Waals surface area contributed by atoms with E-state index in [2.05, 4.69) is 22.9 Å². The van der Waals surface area contributed by atoms with Crippen LogP contribution < -0.4 is 4.90 Å². The fourth-order valence-corrected chi connectivity index (χ4v) is 1.89. The molecule has 3 nitrogen and oxygen atoms in total. The summed E-state index contributed by atoms with van der Waals surface area (Å²) in [7, 11) is -15.9. The molecular formula is C12H15B3F12N3-3. The molecule has 1 aromatic rings. The number of nitriles is 1. The van der Waals surface area contributed by atoms with Crippen LogP contribution in [-0.4, -0.2) is 59.9 Å². The third-order valence-corrected chi connectivity index (χ3v) is 2.87. The lowest BCUT2D eigenvalue weighted by molar-refractivity contribution is 0.313. The van der Waals surface area contributed by atoms with Crippen LogP contribution in [0.25, 0.3) is 0 Å². The molecule has 1 aliphatic rings. The SMILES string of the molecule is CN1CCN(c2ccccc2C#N)CC1.F[B-](F)(F)F.F[B-](F)(F)F.F[B-](F)(F)F. The van der Waals surface area contributed by atoms with E-state index in [1.54, 1.807) is 0 Å². The Bertz CT molecular complexity index is 590. The van der Waals surface area contributed by atoms with Crippen LogP contribution in [0, 0.1) is 11.3 Å². The molecule has 0 amide bonds. The van der Waals surface area contributed by atoms with Gasteiger partial charge in [0.2, 0.25) is 0 Å². The monoisotopic (exact) mass is 462 g/mol. The fourth-order valence-electron chi connectivity index (χ4n) is 1.89. The first-order valence-corrected chi connectivity index (χ1v) is 7.86. The second-order valence-electron chi connectivity index (χ2n) is 5.40. The molecule has 0 bridgehead atoms. The van der Waals surface area contributed by atoms with E-state index in [4.69, 9.17) is 5.26 Å². The van der Waals surface area contributed by atoms with Gasteiger partial charge in [-0.2, -0.15) is 5.26 Å². The molecule has 1 aromatic carbocycles. The van der Waals surface area contributed by atoms with Crippen molar-refractivity contribution in [1.82, 2.24) is 4.90 Å². The molecule has 1 fully saturated rings. The largest absolute Gasteiger partial charge is 0.673 e. The lowest BCUT2D eigenvalue weighted by Crippen LogP contribution is -2.44. The number of para-hydroxylation sites is 1. The molecule has 1 saturated heterocycles. The average Bonchev–Trinajstić information content (AvgIpc) is 2.51. The minimum absolute atomic E-state index is 0.780. The van der Waals surface area contributed by atoms with E-state index < -0.39 is 21.8 Å². The Labute approximate surface area is 164 Å². The van der Waals surface area contributed by atoms with Crippen LogP contribution in [0.4, 0.5) is 57.5 Å². The van der Waals surface area contributed by atoms with Gasteiger partial charge in [-0.15, -0.1) is 0 Å². The van der Waals surface area contributed by atoms with Crippen molar-refractivity contribution in [3.63, 3.8) is 0 Å². The molecule has 2 rings (SSSR count). The van der Waals surface area contributed by atoms with Crippen LogP contribution in [0.1, 0.15) is 5.56 Å². The summed E-state index contributed by atoms with van der Waals surface area (Å²) in [5.74, 6) is 0. The van der Waals surface area contributed by atoms with E-state index in [-0.39, 0.29) is 0 Å². The van der Waals surface area contributed by atoms with Crippen LogP contribution in [0.15, 0.2) is 24.3 Å². The molecule has 174 valence electrons. The van der Waals surface area contributed by atoms with E-state index in [9.17, 15) is 51.8 Å². The minimum Gasteiger partial charge on any atom is -0.418 e. The number of benzene rings is 1. The molecule has 1 aliphatic heterocycles. The smallest absolute Gasteiger partial charge is 0.418 e. The Morgan fingerprint density at radius 1 is 0.700 bits per heavy atom. The van der Waals surface area contributed by atoms with Gasteiger partial charge in [-0.25, -0.2) is 0 Å². The number of nitrogens with zero attached hydrogens (tertiary/aromatic N) is 3. The topological polar surface area (TPSA) is 30.3 Å². The number of rotatable bonds is 1. The van der Waals surface area contributed by atoms with Gasteiger partial charge in [-0.3, -0.25) is 0 Å². The molecule has 0 unspecified atom stereocenters. The van der Waals surface area contributed by atoms with Gasteiger partial charge in [-0.1, -0.05) is 12.1 Å². The second-order valence-corrected chi connectivity index (χ2v) is 5.40. The second kappa shape index (κ2) is 13.2. The van der Waals surface area contributed by atoms with Crippen molar-refractivity contribution in [3.05, 3.63) is 29.8 Å². The van der Waals surface area contributed by atoms with Crippen LogP contribution in [-0.2, 0) is 0 Å². The van der Waals surface area contributed by atoms with Crippen LogP contribution in [0.2, 0.25) is 0 Å². The molecule has 30 heavy (non-hydrogen) atoms. The van der Waals surface area contributed by atoms with Crippen molar-refractivity contribution < 1.29 is 51.8 Å². The van der Waals surface area contributed by atoms with Gasteiger partial charge < -0.3 is 61.6 Å². The maximum Gasteiger partial charge on any atom is 0.673 e. The summed E-state index contributed by atoms with van der Waals surface area (Å²) >= 11 is 0. The third kappa shape index (κ3) is 25.8. The van der Waals surface area contributed by atoms with Gasteiger partial charge in [0.15, 0.2) is 0 Å². The van der Waals surface area contributed by atoms with Gasteiger partial charge in [0.05, 0.1) is 11.3 Å². The summed E-state index contributed by atoms with van der Waals surface area (Å²) < 4.78 is 117. The zero-order valence-electron chi connectivity index (χ0n) is 15.2. The summed E-state index contributed by atoms with van der Waals surface area (Å²) in [4.78, 5) is 4.60. The predicted octanol–water partition coefficient (Wildman–Crippen LogP) is 5.21. The lowest BCUT2D eigenvalue weighted by atomic mass is 10.1. The molecule has 0 radical (unpaired) electrons. The molecule has 0 aliphatic carbocycles. The average molecular weight is 462 g/mol. The number of hydrogen-bond acceptors (Lipinski definition) is 3. The van der Waals surface area contributed by atoms with Crippen molar-refractivity contribution in [2.75, 3.05) is 38.1 Å². The highest BCUT2D eigenvalue weighted by atomic mass is 19.5. The minimum atomic E-state index is -6.00. The summed E-state index contributed by atoms with van der Waals surface area (Å²) in [5.41, 5.74) is 1.86. The Morgan fingerprint density at radius 2 is 1.03 bits per heavy atom. The fraction of sp³-hybridized carbons (Fsp3) is 0.417. The van der Waals surface area contributed by atoms with E-state index in [1.807, 2.05) is 24.3 Å². The molecule has 18 heteroatoms. The molecule has 0 saturated carbocycles. The van der Waals surface area contributed by atoms with Crippen molar-refractivity contribution >= 4 is 27.5 Å². The van der Waals surface area contributed by atoms with E-state index in [0.717, 1.165) is 37.4 Å². The quantitative estimate of drug-likeness (QED) is 0.425. The summed E-state index contributed by atoms with van der Waals surface area (Å²) in [6, 6.07) is 10.1. The summed E-state index contributed by atoms with van der Waals surface area (Å²) in [6.45, 7) is 4.16. The van der Waals surface area contributed by atoms with Gasteiger partial charge in [0.1, 0.15) is 6.07 Å². The Balaban J connectivity index is 0. The van der Waals surface area contributed by atoms with Crippen LogP contribution in [0.3, 0.4) is 0 Å². The molecule has 0 spiro atoms.